The number of rotatable bonds is 0. The van der Waals surface area contributed by atoms with E-state index in [9.17, 15) is 0 Å². The quantitative estimate of drug-likeness (QED) is 0.249. The Kier molecular flexibility index (Phi) is 25900. The van der Waals surface area contributed by atoms with Crippen LogP contribution in [0.25, 0.3) is 0 Å². The Bertz CT molecular complexity index is 3.61. The van der Waals surface area contributed by atoms with Crippen molar-refractivity contribution in [3.63, 3.8) is 0 Å². The van der Waals surface area contributed by atoms with E-state index in [0.29, 0.717) is 0 Å². The predicted molar refractivity (Wildman–Crippen MR) is 0 cm³/mol. The maximum atomic E-state index is 0. The molecule has 0 N–H and O–H groups in total. The molecule has 0 rings (SSSR count). The summed E-state index contributed by atoms with van der Waals surface area (Å²) in [6.45, 7) is 0. The van der Waals surface area contributed by atoms with Gasteiger partial charge in [0.2, 0.25) is 0 Å². The summed E-state index contributed by atoms with van der Waals surface area (Å²) in [6.07, 6.45) is 0. The van der Waals surface area contributed by atoms with Crippen molar-refractivity contribution < 1.29 is 41.2 Å². The molecule has 0 atom stereocenters. The van der Waals surface area contributed by atoms with Crippen LogP contribution in [0.15, 0.2) is 0 Å². The van der Waals surface area contributed by atoms with Gasteiger partial charge in [-0.25, -0.2) is 0 Å². The fraction of sp³-hybridized carbons (Fsp3) is 0. The van der Waals surface area contributed by atoms with E-state index in [0.717, 1.165) is 0 Å². The Morgan fingerprint density at radius 1 is 0.400 bits per heavy atom. The molecule has 0 fully saturated rings. The van der Waals surface area contributed by atoms with Gasteiger partial charge in [0.05, 0.1) is 0 Å². The molecule has 1 radical (unpaired) electrons. The van der Waals surface area contributed by atoms with Gasteiger partial charge in [0.15, 0.2) is 0 Å². The second-order valence-electron chi connectivity index (χ2n) is 0. The molecule has 0 aliphatic rings. The number of hydrogen-bond donors (Lipinski definition) is 0. The smallest absolute Gasteiger partial charge is 0 e. The van der Waals surface area contributed by atoms with Crippen molar-refractivity contribution in [2.45, 2.75) is 0 Å². The minimum Gasteiger partial charge on any atom is -1.00 e. The molecular weight excluding hydrogens is 169 g/mol. The molecule has 0 unspecified atom stereocenters. The van der Waals surface area contributed by atoms with Crippen LogP contribution in [0.5, 0.6) is 0 Å². The van der Waals surface area contributed by atoms with Crippen molar-refractivity contribution in [1.29, 1.82) is 0 Å². The van der Waals surface area contributed by atoms with Gasteiger partial charge in [-0.2, -0.15) is 0 Å². The van der Waals surface area contributed by atoms with Crippen LogP contribution in [0.4, 0.5) is 0 Å². The predicted octanol–water partition coefficient (Wildman–Crippen LogP) is -12.0. The van der Waals surface area contributed by atoms with Gasteiger partial charge < -0.3 is 18.8 Å². The summed E-state index contributed by atoms with van der Waals surface area (Å²) in [6, 6.07) is 0. The zero-order valence-corrected chi connectivity index (χ0v) is 4.16. The molecule has 37 valence electrons. The van der Waals surface area contributed by atoms with Crippen LogP contribution in [0.3, 0.4) is 0 Å². The maximum Gasteiger partial charge on any atom is 0 e. The van der Waals surface area contributed by atoms with Crippen molar-refractivity contribution in [3.8, 4) is 0 Å². The maximum absolute atomic E-state index is 0. The van der Waals surface area contributed by atoms with Crippen LogP contribution in [0, 0.1) is 0 Å². The van der Waals surface area contributed by atoms with E-state index in [1.807, 2.05) is 0 Å². The van der Waals surface area contributed by atoms with Crippen LogP contribution >= 0.6 is 0 Å². The van der Waals surface area contributed by atoms with Gasteiger partial charge in [0, 0.05) is 22.4 Å². The first-order valence-corrected chi connectivity index (χ1v) is 0. The monoisotopic (exact) mass is 169 g/mol. The summed E-state index contributed by atoms with van der Waals surface area (Å²) in [5.41, 5.74) is 0. The van der Waals surface area contributed by atoms with Gasteiger partial charge in [-0.05, 0) is 0 Å². The third kappa shape index (κ3) is 127. The second kappa shape index (κ2) is 252. The molecule has 0 aromatic carbocycles. The van der Waals surface area contributed by atoms with Crippen molar-refractivity contribution in [2.75, 3.05) is 0 Å². The molecule has 0 aromatic rings. The Hall–Kier alpha value is 0.460. The van der Waals surface area contributed by atoms with Crippen LogP contribution in [-0.4, -0.2) is 0 Å². The molecule has 5 heteroatoms. The van der Waals surface area contributed by atoms with Crippen molar-refractivity contribution in [2.24, 2.45) is 0 Å². The summed E-state index contributed by atoms with van der Waals surface area (Å²) >= 11 is 0. The van der Waals surface area contributed by atoms with Crippen molar-refractivity contribution in [3.05, 3.63) is 0 Å². The standard InChI is InChI=1S/4FH.Nb/h4*1H;/p-4. The number of hydrogen-bond acceptors (Lipinski definition) is 0. The third-order valence-corrected chi connectivity index (χ3v) is 0. The van der Waals surface area contributed by atoms with E-state index in [-0.39, 0.29) is 41.2 Å². The topological polar surface area (TPSA) is 0 Å². The fourth-order valence-electron chi connectivity index (χ4n) is 0. The molecule has 0 saturated carbocycles. The van der Waals surface area contributed by atoms with Gasteiger partial charge in [-0.1, -0.05) is 0 Å². The van der Waals surface area contributed by atoms with Gasteiger partial charge in [-0.15, -0.1) is 0 Å². The van der Waals surface area contributed by atoms with E-state index in [1.54, 1.807) is 0 Å². The average Bonchev–Trinajstić information content (AvgIpc) is 0. The van der Waals surface area contributed by atoms with Gasteiger partial charge >= 0.3 is 0 Å². The summed E-state index contributed by atoms with van der Waals surface area (Å²) in [5.74, 6) is 0. The van der Waals surface area contributed by atoms with E-state index in [1.165, 1.54) is 0 Å². The average molecular weight is 169 g/mol. The molecular formula is F4Nb-4. The van der Waals surface area contributed by atoms with Gasteiger partial charge in [0.1, 0.15) is 0 Å². The SMILES string of the molecule is [F-].[F-].[F-].[F-].[Nb]. The van der Waals surface area contributed by atoms with Crippen molar-refractivity contribution >= 4 is 0 Å². The second-order valence-corrected chi connectivity index (χ2v) is 0. The van der Waals surface area contributed by atoms with E-state index >= 15 is 0 Å². The molecule has 5 heavy (non-hydrogen) atoms. The first kappa shape index (κ1) is 513. The Balaban J connectivity index is 0. The van der Waals surface area contributed by atoms with E-state index in [4.69, 9.17) is 0 Å². The van der Waals surface area contributed by atoms with Crippen LogP contribution in [-0.2, 0) is 22.4 Å². The van der Waals surface area contributed by atoms with Crippen LogP contribution in [0.2, 0.25) is 0 Å². The summed E-state index contributed by atoms with van der Waals surface area (Å²) in [5, 5.41) is 0. The molecule has 0 aliphatic heterocycles. The minimum absolute atomic E-state index is 0. The molecule has 0 amide bonds. The molecule has 0 saturated heterocycles. The summed E-state index contributed by atoms with van der Waals surface area (Å²) < 4.78 is 0. The first-order valence-electron chi connectivity index (χ1n) is 0. The molecule has 0 bridgehead atoms. The minimum atomic E-state index is 0. The normalized spacial score (nSPS) is 0. The van der Waals surface area contributed by atoms with E-state index in [2.05, 4.69) is 0 Å². The first-order chi connectivity index (χ1) is 0. The van der Waals surface area contributed by atoms with Gasteiger partial charge in [-0.3, -0.25) is 0 Å². The van der Waals surface area contributed by atoms with Gasteiger partial charge in [0.25, 0.3) is 0 Å². The summed E-state index contributed by atoms with van der Waals surface area (Å²) in [4.78, 5) is 0. The molecule has 0 spiro atoms. The number of halogens is 4. The Labute approximate surface area is 41.9 Å². The molecule has 0 heterocycles. The van der Waals surface area contributed by atoms with E-state index < -0.39 is 0 Å². The zero-order valence-electron chi connectivity index (χ0n) is 1.96. The third-order valence-electron chi connectivity index (χ3n) is 0. The molecule has 0 nitrogen and oxygen atoms in total. The molecule has 0 aromatic heterocycles. The van der Waals surface area contributed by atoms with Crippen molar-refractivity contribution in [1.82, 2.24) is 0 Å². The Morgan fingerprint density at radius 3 is 0.400 bits per heavy atom. The van der Waals surface area contributed by atoms with Crippen LogP contribution < -0.4 is 18.8 Å². The Morgan fingerprint density at radius 2 is 0.400 bits per heavy atom. The largest absolute Gasteiger partial charge is 1.00 e. The molecule has 0 aliphatic carbocycles. The summed E-state index contributed by atoms with van der Waals surface area (Å²) in [7, 11) is 0. The zero-order chi connectivity index (χ0) is 0. The van der Waals surface area contributed by atoms with Crippen LogP contribution in [0.1, 0.15) is 0 Å². The fourth-order valence-corrected chi connectivity index (χ4v) is 0.